The first-order chi connectivity index (χ1) is 12.1. The molecule has 0 spiro atoms. The Bertz CT molecular complexity index is 511. The second-order valence-electron chi connectivity index (χ2n) is 7.64. The molecule has 1 atom stereocenters. The molecule has 1 heterocycles. The maximum absolute atomic E-state index is 12.6. The molecule has 1 aliphatic heterocycles. The van der Waals surface area contributed by atoms with Crippen molar-refractivity contribution in [3.63, 3.8) is 0 Å². The quantitative estimate of drug-likeness (QED) is 0.644. The number of likely N-dealkylation sites (tertiary alicyclic amines) is 1. The average molecular weight is 345 g/mol. The van der Waals surface area contributed by atoms with E-state index in [-0.39, 0.29) is 0 Å². The predicted octanol–water partition coefficient (Wildman–Crippen LogP) is 4.78. The number of piperidine rings is 1. The molecule has 0 aliphatic carbocycles. The highest BCUT2D eigenvalue weighted by molar-refractivity contribution is 5.76. The van der Waals surface area contributed by atoms with Gasteiger partial charge in [-0.3, -0.25) is 4.79 Å². The van der Waals surface area contributed by atoms with E-state index in [9.17, 15) is 4.79 Å². The predicted molar refractivity (Wildman–Crippen MR) is 106 cm³/mol. The van der Waals surface area contributed by atoms with Crippen LogP contribution >= 0.6 is 0 Å². The first-order valence-electron chi connectivity index (χ1n) is 10.2. The fourth-order valence-corrected chi connectivity index (χ4v) is 3.65. The smallest absolute Gasteiger partial charge is 0.222 e. The summed E-state index contributed by atoms with van der Waals surface area (Å²) < 4.78 is 0. The van der Waals surface area contributed by atoms with Crippen molar-refractivity contribution in [2.24, 2.45) is 0 Å². The largest absolute Gasteiger partial charge is 0.338 e. The molecule has 1 aromatic carbocycles. The van der Waals surface area contributed by atoms with E-state index in [1.807, 2.05) is 0 Å². The Morgan fingerprint density at radius 2 is 1.96 bits per heavy atom. The van der Waals surface area contributed by atoms with Crippen LogP contribution in [0.3, 0.4) is 0 Å². The van der Waals surface area contributed by atoms with Crippen LogP contribution in [-0.2, 0) is 11.3 Å². The highest BCUT2D eigenvalue weighted by Crippen LogP contribution is 2.17. The highest BCUT2D eigenvalue weighted by Gasteiger charge is 2.19. The van der Waals surface area contributed by atoms with Crippen molar-refractivity contribution >= 4 is 5.91 Å². The van der Waals surface area contributed by atoms with E-state index in [0.29, 0.717) is 18.4 Å². The van der Waals surface area contributed by atoms with E-state index >= 15 is 0 Å². The summed E-state index contributed by atoms with van der Waals surface area (Å²) in [6.45, 7) is 10.6. The number of hydrogen-bond acceptors (Lipinski definition) is 2. The molecule has 2 rings (SSSR count). The van der Waals surface area contributed by atoms with Gasteiger partial charge in [0.15, 0.2) is 0 Å². The van der Waals surface area contributed by atoms with Crippen molar-refractivity contribution in [3.8, 4) is 0 Å². The Hall–Kier alpha value is -1.35. The second kappa shape index (κ2) is 10.6. The monoisotopic (exact) mass is 344 g/mol. The Morgan fingerprint density at radius 1 is 1.20 bits per heavy atom. The van der Waals surface area contributed by atoms with Crippen LogP contribution in [-0.4, -0.2) is 41.4 Å². The lowest BCUT2D eigenvalue weighted by atomic mass is 10.0. The van der Waals surface area contributed by atoms with Crippen molar-refractivity contribution in [1.82, 2.24) is 9.80 Å². The van der Waals surface area contributed by atoms with Crippen LogP contribution in [0.15, 0.2) is 24.3 Å². The third-order valence-electron chi connectivity index (χ3n) is 5.40. The van der Waals surface area contributed by atoms with Gasteiger partial charge in [0.1, 0.15) is 0 Å². The normalized spacial score (nSPS) is 18.3. The molecular weight excluding hydrogens is 308 g/mol. The zero-order chi connectivity index (χ0) is 18.1. The maximum atomic E-state index is 12.6. The second-order valence-corrected chi connectivity index (χ2v) is 7.64. The van der Waals surface area contributed by atoms with Gasteiger partial charge in [0.25, 0.3) is 0 Å². The average Bonchev–Trinajstić information content (AvgIpc) is 2.62. The van der Waals surface area contributed by atoms with E-state index < -0.39 is 0 Å². The summed E-state index contributed by atoms with van der Waals surface area (Å²) in [5.74, 6) is 0.314. The highest BCUT2D eigenvalue weighted by atomic mass is 16.2. The van der Waals surface area contributed by atoms with Gasteiger partial charge in [0.05, 0.1) is 0 Å². The summed E-state index contributed by atoms with van der Waals surface area (Å²) in [6.07, 6.45) is 7.85. The SMILES string of the molecule is CCCCC(=O)N(CCCN1CCCCC1C)Cc1ccc(C)cc1. The number of benzene rings is 1. The number of hydrogen-bond donors (Lipinski definition) is 0. The first-order valence-corrected chi connectivity index (χ1v) is 10.2. The number of unbranched alkanes of at least 4 members (excludes halogenated alkanes) is 1. The lowest BCUT2D eigenvalue weighted by molar-refractivity contribution is -0.132. The van der Waals surface area contributed by atoms with Gasteiger partial charge in [-0.05, 0) is 51.6 Å². The summed E-state index contributed by atoms with van der Waals surface area (Å²) in [7, 11) is 0. The number of carbonyl (C=O) groups excluding carboxylic acids is 1. The van der Waals surface area contributed by atoms with E-state index in [4.69, 9.17) is 0 Å². The Balaban J connectivity index is 1.88. The third kappa shape index (κ3) is 6.81. The topological polar surface area (TPSA) is 23.6 Å². The van der Waals surface area contributed by atoms with Crippen LogP contribution in [0, 0.1) is 6.92 Å². The minimum absolute atomic E-state index is 0.314. The molecule has 1 aliphatic rings. The van der Waals surface area contributed by atoms with Gasteiger partial charge >= 0.3 is 0 Å². The van der Waals surface area contributed by atoms with Gasteiger partial charge in [0.2, 0.25) is 5.91 Å². The lowest BCUT2D eigenvalue weighted by Crippen LogP contribution is -2.40. The Labute approximate surface area is 154 Å². The molecule has 1 fully saturated rings. The van der Waals surface area contributed by atoms with Gasteiger partial charge in [0, 0.05) is 32.1 Å². The minimum atomic E-state index is 0.314. The van der Waals surface area contributed by atoms with Gasteiger partial charge in [-0.2, -0.15) is 0 Å². The molecule has 140 valence electrons. The lowest BCUT2D eigenvalue weighted by Gasteiger charge is -2.34. The molecule has 0 N–H and O–H groups in total. The molecular formula is C22H36N2O. The summed E-state index contributed by atoms with van der Waals surface area (Å²) in [4.78, 5) is 17.3. The van der Waals surface area contributed by atoms with Crippen molar-refractivity contribution in [3.05, 3.63) is 35.4 Å². The summed E-state index contributed by atoms with van der Waals surface area (Å²) >= 11 is 0. The zero-order valence-electron chi connectivity index (χ0n) is 16.5. The Kier molecular flexibility index (Phi) is 8.47. The van der Waals surface area contributed by atoms with Crippen molar-refractivity contribution < 1.29 is 4.79 Å². The number of nitrogens with zero attached hydrogens (tertiary/aromatic N) is 2. The molecule has 0 radical (unpaired) electrons. The van der Waals surface area contributed by atoms with Crippen LogP contribution < -0.4 is 0 Å². The van der Waals surface area contributed by atoms with E-state index in [2.05, 4.69) is 54.8 Å². The molecule has 1 aromatic rings. The molecule has 0 bridgehead atoms. The first kappa shape index (κ1) is 20.0. The van der Waals surface area contributed by atoms with Crippen molar-refractivity contribution in [2.45, 2.75) is 78.3 Å². The van der Waals surface area contributed by atoms with E-state index in [1.54, 1.807) is 0 Å². The fourth-order valence-electron chi connectivity index (χ4n) is 3.65. The third-order valence-corrected chi connectivity index (χ3v) is 5.40. The maximum Gasteiger partial charge on any atom is 0.222 e. The summed E-state index contributed by atoms with van der Waals surface area (Å²) in [6, 6.07) is 9.29. The molecule has 1 saturated heterocycles. The van der Waals surface area contributed by atoms with Gasteiger partial charge in [-0.15, -0.1) is 0 Å². The molecule has 1 unspecified atom stereocenters. The molecule has 0 aromatic heterocycles. The fraction of sp³-hybridized carbons (Fsp3) is 0.682. The van der Waals surface area contributed by atoms with Crippen LogP contribution in [0.2, 0.25) is 0 Å². The van der Waals surface area contributed by atoms with Gasteiger partial charge in [-0.1, -0.05) is 49.6 Å². The van der Waals surface area contributed by atoms with Gasteiger partial charge < -0.3 is 9.80 Å². The van der Waals surface area contributed by atoms with Crippen molar-refractivity contribution in [1.29, 1.82) is 0 Å². The number of aryl methyl sites for hydroxylation is 1. The van der Waals surface area contributed by atoms with Crippen LogP contribution in [0.5, 0.6) is 0 Å². The Morgan fingerprint density at radius 3 is 2.64 bits per heavy atom. The van der Waals surface area contributed by atoms with E-state index in [1.165, 1.54) is 36.9 Å². The van der Waals surface area contributed by atoms with Crippen LogP contribution in [0.25, 0.3) is 0 Å². The number of rotatable bonds is 9. The number of carbonyl (C=O) groups is 1. The van der Waals surface area contributed by atoms with E-state index in [0.717, 1.165) is 38.9 Å². The molecule has 3 nitrogen and oxygen atoms in total. The molecule has 1 amide bonds. The molecule has 3 heteroatoms. The zero-order valence-corrected chi connectivity index (χ0v) is 16.5. The van der Waals surface area contributed by atoms with Gasteiger partial charge in [-0.25, -0.2) is 0 Å². The standard InChI is InChI=1S/C22H36N2O/c1-4-5-10-22(25)24(18-21-13-11-19(2)12-14-21)17-8-16-23-15-7-6-9-20(23)3/h11-14,20H,4-10,15-18H2,1-3H3. The summed E-state index contributed by atoms with van der Waals surface area (Å²) in [5.41, 5.74) is 2.51. The summed E-state index contributed by atoms with van der Waals surface area (Å²) in [5, 5.41) is 0. The number of amides is 1. The van der Waals surface area contributed by atoms with Crippen LogP contribution in [0.4, 0.5) is 0 Å². The van der Waals surface area contributed by atoms with Crippen LogP contribution in [0.1, 0.15) is 69.9 Å². The minimum Gasteiger partial charge on any atom is -0.338 e. The molecule has 0 saturated carbocycles. The van der Waals surface area contributed by atoms with Crippen molar-refractivity contribution in [2.75, 3.05) is 19.6 Å². The molecule has 25 heavy (non-hydrogen) atoms.